The van der Waals surface area contributed by atoms with Crippen molar-refractivity contribution < 1.29 is 18.7 Å². The van der Waals surface area contributed by atoms with Gasteiger partial charge in [0.05, 0.1) is 19.8 Å². The van der Waals surface area contributed by atoms with Crippen LogP contribution >= 0.6 is 0 Å². The normalized spacial score (nSPS) is 14.3. The Kier molecular flexibility index (Phi) is 6.49. The van der Waals surface area contributed by atoms with Crippen LogP contribution in [0.25, 0.3) is 6.08 Å². The zero-order valence-corrected chi connectivity index (χ0v) is 16.2. The van der Waals surface area contributed by atoms with E-state index < -0.39 is 0 Å². The highest BCUT2D eigenvalue weighted by molar-refractivity contribution is 5.97. The van der Waals surface area contributed by atoms with Crippen LogP contribution in [0, 0.1) is 6.92 Å². The molecule has 0 aliphatic carbocycles. The molecule has 1 saturated heterocycles. The van der Waals surface area contributed by atoms with Crippen molar-refractivity contribution in [1.29, 1.82) is 0 Å². The summed E-state index contributed by atoms with van der Waals surface area (Å²) < 4.78 is 10.7. The highest BCUT2D eigenvalue weighted by Crippen LogP contribution is 2.19. The zero-order valence-electron chi connectivity index (χ0n) is 16.2. The molecule has 0 saturated carbocycles. The molecule has 1 N–H and O–H groups in total. The first-order valence-electron chi connectivity index (χ1n) is 9.23. The van der Waals surface area contributed by atoms with Crippen molar-refractivity contribution in [2.45, 2.75) is 6.92 Å². The van der Waals surface area contributed by atoms with E-state index in [2.05, 4.69) is 10.2 Å². The number of amides is 2. The first-order chi connectivity index (χ1) is 13.5. The van der Waals surface area contributed by atoms with Crippen molar-refractivity contribution in [2.75, 3.05) is 50.1 Å². The summed E-state index contributed by atoms with van der Waals surface area (Å²) in [4.78, 5) is 27.9. The van der Waals surface area contributed by atoms with Crippen LogP contribution in [0.1, 0.15) is 11.5 Å². The Morgan fingerprint density at radius 2 is 1.86 bits per heavy atom. The number of nitrogens with one attached hydrogen (secondary N) is 1. The van der Waals surface area contributed by atoms with Gasteiger partial charge in [-0.05, 0) is 49.4 Å². The summed E-state index contributed by atoms with van der Waals surface area (Å²) in [5.41, 5.74) is 1.80. The molecular weight excluding hydrogens is 358 g/mol. The molecule has 1 fully saturated rings. The Morgan fingerprint density at radius 1 is 1.14 bits per heavy atom. The van der Waals surface area contributed by atoms with Crippen molar-refractivity contribution in [1.82, 2.24) is 4.90 Å². The van der Waals surface area contributed by atoms with Gasteiger partial charge >= 0.3 is 0 Å². The molecule has 2 amide bonds. The predicted octanol–water partition coefficient (Wildman–Crippen LogP) is 2.53. The van der Waals surface area contributed by atoms with Gasteiger partial charge in [-0.1, -0.05) is 0 Å². The summed E-state index contributed by atoms with van der Waals surface area (Å²) in [6, 6.07) is 11.3. The minimum Gasteiger partial charge on any atom is -0.462 e. The lowest BCUT2D eigenvalue weighted by molar-refractivity contribution is -0.129. The third-order valence-corrected chi connectivity index (χ3v) is 4.44. The van der Waals surface area contributed by atoms with Gasteiger partial charge in [-0.2, -0.15) is 0 Å². The van der Waals surface area contributed by atoms with Crippen molar-refractivity contribution in [3.05, 3.63) is 54.0 Å². The Labute approximate surface area is 164 Å². The first kappa shape index (κ1) is 19.7. The van der Waals surface area contributed by atoms with Crippen LogP contribution in [0.2, 0.25) is 0 Å². The lowest BCUT2D eigenvalue weighted by Gasteiger charge is -2.28. The SMILES string of the molecule is Cc1ccc(/C=C/C(=O)N(C)CC(=O)Nc2ccc(N3CCOCC3)cc2)o1. The predicted molar refractivity (Wildman–Crippen MR) is 108 cm³/mol. The van der Waals surface area contributed by atoms with E-state index in [1.165, 1.54) is 11.0 Å². The largest absolute Gasteiger partial charge is 0.462 e. The number of rotatable bonds is 6. The minimum atomic E-state index is -0.271. The van der Waals surface area contributed by atoms with E-state index in [1.807, 2.05) is 37.3 Å². The Bertz CT molecular complexity index is 836. The van der Waals surface area contributed by atoms with Crippen molar-refractivity contribution >= 4 is 29.3 Å². The number of hydrogen-bond donors (Lipinski definition) is 1. The van der Waals surface area contributed by atoms with Crippen LogP contribution in [0.4, 0.5) is 11.4 Å². The van der Waals surface area contributed by atoms with E-state index >= 15 is 0 Å². The highest BCUT2D eigenvalue weighted by atomic mass is 16.5. The Balaban J connectivity index is 1.48. The Morgan fingerprint density at radius 3 is 2.50 bits per heavy atom. The van der Waals surface area contributed by atoms with Crippen molar-refractivity contribution in [3.63, 3.8) is 0 Å². The molecule has 2 heterocycles. The lowest BCUT2D eigenvalue weighted by atomic mass is 10.2. The molecule has 0 atom stereocenters. The number of carbonyl (C=O) groups excluding carboxylic acids is 2. The standard InChI is InChI=1S/C21H25N3O4/c1-16-3-8-19(28-16)9-10-21(26)23(2)15-20(25)22-17-4-6-18(7-5-17)24-11-13-27-14-12-24/h3-10H,11-15H2,1-2H3,(H,22,25)/b10-9+. The number of carbonyl (C=O) groups is 2. The summed E-state index contributed by atoms with van der Waals surface area (Å²) in [6.07, 6.45) is 2.98. The van der Waals surface area contributed by atoms with Gasteiger partial charge in [-0.15, -0.1) is 0 Å². The number of ether oxygens (including phenoxy) is 1. The summed E-state index contributed by atoms with van der Waals surface area (Å²) >= 11 is 0. The summed E-state index contributed by atoms with van der Waals surface area (Å²) in [6.45, 7) is 4.99. The molecule has 0 bridgehead atoms. The third-order valence-electron chi connectivity index (χ3n) is 4.44. The molecule has 1 aliphatic heterocycles. The van der Waals surface area contributed by atoms with Gasteiger partial charge in [-0.3, -0.25) is 9.59 Å². The maximum atomic E-state index is 12.2. The number of aryl methyl sites for hydroxylation is 1. The molecule has 0 unspecified atom stereocenters. The van der Waals surface area contributed by atoms with Crippen LogP contribution in [0.5, 0.6) is 0 Å². The fourth-order valence-electron chi connectivity index (χ4n) is 2.89. The van der Waals surface area contributed by atoms with Gasteiger partial charge in [0.1, 0.15) is 11.5 Å². The van der Waals surface area contributed by atoms with E-state index in [-0.39, 0.29) is 18.4 Å². The van der Waals surface area contributed by atoms with Gasteiger partial charge in [0.25, 0.3) is 0 Å². The number of likely N-dealkylation sites (N-methyl/N-ethyl adjacent to an activating group) is 1. The van der Waals surface area contributed by atoms with Crippen LogP contribution in [-0.4, -0.2) is 56.6 Å². The number of benzene rings is 1. The lowest BCUT2D eigenvalue weighted by Crippen LogP contribution is -2.36. The van der Waals surface area contributed by atoms with Crippen molar-refractivity contribution in [3.8, 4) is 0 Å². The maximum absolute atomic E-state index is 12.2. The number of hydrogen-bond acceptors (Lipinski definition) is 5. The second-order valence-corrected chi connectivity index (χ2v) is 6.67. The quantitative estimate of drug-likeness (QED) is 0.776. The zero-order chi connectivity index (χ0) is 19.9. The summed E-state index contributed by atoms with van der Waals surface area (Å²) in [5, 5.41) is 2.82. The minimum absolute atomic E-state index is 0.0361. The van der Waals surface area contributed by atoms with Crippen LogP contribution in [0.3, 0.4) is 0 Å². The topological polar surface area (TPSA) is 75.0 Å². The summed E-state index contributed by atoms with van der Waals surface area (Å²) in [5.74, 6) is 0.854. The molecule has 1 aromatic heterocycles. The molecule has 2 aromatic rings. The fourth-order valence-corrected chi connectivity index (χ4v) is 2.89. The number of morpholine rings is 1. The number of furan rings is 1. The van der Waals surface area contributed by atoms with E-state index in [1.54, 1.807) is 19.2 Å². The van der Waals surface area contributed by atoms with Crippen LogP contribution in [0.15, 0.2) is 46.9 Å². The van der Waals surface area contributed by atoms with Gasteiger partial charge in [0, 0.05) is 37.6 Å². The molecule has 0 radical (unpaired) electrons. The van der Waals surface area contributed by atoms with E-state index in [0.717, 1.165) is 37.8 Å². The first-order valence-corrected chi connectivity index (χ1v) is 9.23. The molecule has 148 valence electrons. The van der Waals surface area contributed by atoms with Crippen molar-refractivity contribution in [2.24, 2.45) is 0 Å². The summed E-state index contributed by atoms with van der Waals surface area (Å²) in [7, 11) is 1.58. The van der Waals surface area contributed by atoms with Gasteiger partial charge in [-0.25, -0.2) is 0 Å². The molecule has 0 spiro atoms. The molecule has 28 heavy (non-hydrogen) atoms. The smallest absolute Gasteiger partial charge is 0.246 e. The van der Waals surface area contributed by atoms with Gasteiger partial charge in [0.2, 0.25) is 11.8 Å². The molecule has 7 heteroatoms. The van der Waals surface area contributed by atoms with E-state index in [4.69, 9.17) is 9.15 Å². The third kappa shape index (κ3) is 5.47. The monoisotopic (exact) mass is 383 g/mol. The molecule has 3 rings (SSSR count). The van der Waals surface area contributed by atoms with E-state index in [9.17, 15) is 9.59 Å². The maximum Gasteiger partial charge on any atom is 0.246 e. The van der Waals surface area contributed by atoms with E-state index in [0.29, 0.717) is 11.4 Å². The second kappa shape index (κ2) is 9.23. The van der Waals surface area contributed by atoms with Gasteiger partial charge in [0.15, 0.2) is 0 Å². The molecule has 1 aliphatic rings. The average molecular weight is 383 g/mol. The highest BCUT2D eigenvalue weighted by Gasteiger charge is 2.13. The number of nitrogens with zero attached hydrogens (tertiary/aromatic N) is 2. The molecular formula is C21H25N3O4. The second-order valence-electron chi connectivity index (χ2n) is 6.67. The molecule has 1 aromatic carbocycles. The average Bonchev–Trinajstić information content (AvgIpc) is 3.12. The van der Waals surface area contributed by atoms with Gasteiger partial charge < -0.3 is 24.3 Å². The van der Waals surface area contributed by atoms with Crippen LogP contribution in [-0.2, 0) is 14.3 Å². The molecule has 7 nitrogen and oxygen atoms in total. The fraction of sp³-hybridized carbons (Fsp3) is 0.333. The number of anilines is 2. The Hall–Kier alpha value is -3.06. The van der Waals surface area contributed by atoms with Crippen LogP contribution < -0.4 is 10.2 Å².